The van der Waals surface area contributed by atoms with E-state index in [1.165, 1.54) is 37.1 Å². The number of cyclic esters (lactones) is 1. The van der Waals surface area contributed by atoms with Crippen LogP contribution in [0, 0.1) is 0 Å². The molecule has 0 amide bonds. The molecule has 0 fully saturated rings. The molecule has 0 saturated heterocycles. The van der Waals surface area contributed by atoms with E-state index in [-0.39, 0.29) is 5.97 Å². The summed E-state index contributed by atoms with van der Waals surface area (Å²) in [6.07, 6.45) is 15.3. The quantitative estimate of drug-likeness (QED) is 0.102. The molecule has 0 aliphatic carbocycles. The van der Waals surface area contributed by atoms with Crippen LogP contribution in [0.25, 0.3) is 0 Å². The SMILES string of the molecule is CCCCN(CCCC)c1ccc(C2(c3ccc(N(CCCC)CCCC)cc3SC)OC(=O)c3cccnc32)c(SC)c1. The molecule has 238 valence electrons. The highest BCUT2D eigenvalue weighted by atomic mass is 32.2. The minimum atomic E-state index is -1.13. The van der Waals surface area contributed by atoms with Crippen molar-refractivity contribution in [1.29, 1.82) is 0 Å². The van der Waals surface area contributed by atoms with Gasteiger partial charge >= 0.3 is 5.97 Å². The smallest absolute Gasteiger partial charge is 0.341 e. The summed E-state index contributed by atoms with van der Waals surface area (Å²) < 4.78 is 6.58. The Kier molecular flexibility index (Phi) is 12.9. The van der Waals surface area contributed by atoms with Gasteiger partial charge in [0.25, 0.3) is 0 Å². The molecule has 1 aromatic heterocycles. The topological polar surface area (TPSA) is 45.7 Å². The standard InChI is InChI=1S/C37H51N3O2S2/c1-7-11-22-39(23-12-8-2)28-17-19-31(33(26-28)43-5)37(35-30(36(41)42-37)16-15-21-38-35)32-20-18-29(27-34(32)44-6)40(24-13-9-3)25-14-10-4/h15-21,26-27H,7-14,22-25H2,1-6H3. The molecular formula is C37H51N3O2S2. The summed E-state index contributed by atoms with van der Waals surface area (Å²) in [5, 5.41) is 0. The Bertz CT molecular complexity index is 1290. The van der Waals surface area contributed by atoms with Crippen LogP contribution in [0.3, 0.4) is 0 Å². The molecule has 0 spiro atoms. The van der Waals surface area contributed by atoms with Gasteiger partial charge in [0.2, 0.25) is 5.60 Å². The first-order chi connectivity index (χ1) is 21.5. The highest BCUT2D eigenvalue weighted by molar-refractivity contribution is 7.99. The first kappa shape index (κ1) is 34.2. The van der Waals surface area contributed by atoms with Crippen molar-refractivity contribution in [1.82, 2.24) is 4.98 Å². The van der Waals surface area contributed by atoms with E-state index in [1.807, 2.05) is 12.1 Å². The second-order valence-corrected chi connectivity index (χ2v) is 13.3. The average molecular weight is 634 g/mol. The number of carbonyl (C=O) groups excluding carboxylic acids is 1. The fourth-order valence-corrected chi connectivity index (χ4v) is 7.41. The third-order valence-corrected chi connectivity index (χ3v) is 10.1. The predicted molar refractivity (Wildman–Crippen MR) is 190 cm³/mol. The molecule has 0 bridgehead atoms. The number of carbonyl (C=O) groups is 1. The molecule has 0 saturated carbocycles. The third kappa shape index (κ3) is 7.25. The summed E-state index contributed by atoms with van der Waals surface area (Å²) in [7, 11) is 0. The molecule has 0 unspecified atom stereocenters. The Morgan fingerprint density at radius 2 is 1.16 bits per heavy atom. The number of anilines is 2. The van der Waals surface area contributed by atoms with Crippen LogP contribution in [0.1, 0.15) is 106 Å². The third-order valence-electron chi connectivity index (χ3n) is 8.59. The van der Waals surface area contributed by atoms with Crippen LogP contribution in [0.5, 0.6) is 0 Å². The van der Waals surface area contributed by atoms with Gasteiger partial charge in [-0.25, -0.2) is 4.79 Å². The molecule has 3 aromatic rings. The second kappa shape index (κ2) is 16.6. The lowest BCUT2D eigenvalue weighted by Gasteiger charge is -2.34. The van der Waals surface area contributed by atoms with Crippen LogP contribution in [-0.4, -0.2) is 49.6 Å². The number of unbranched alkanes of at least 4 members (excludes halogenated alkanes) is 4. The minimum Gasteiger partial charge on any atom is -0.439 e. The van der Waals surface area contributed by atoms with E-state index in [0.717, 1.165) is 72.8 Å². The molecule has 0 N–H and O–H groups in total. The highest BCUT2D eigenvalue weighted by Crippen LogP contribution is 2.51. The lowest BCUT2D eigenvalue weighted by Crippen LogP contribution is -2.33. The van der Waals surface area contributed by atoms with Gasteiger partial charge in [0.1, 0.15) is 5.69 Å². The molecule has 1 aliphatic heterocycles. The van der Waals surface area contributed by atoms with Gasteiger partial charge in [0.05, 0.1) is 5.56 Å². The zero-order valence-electron chi connectivity index (χ0n) is 27.7. The zero-order chi connectivity index (χ0) is 31.5. The van der Waals surface area contributed by atoms with Gasteiger partial charge in [-0.15, -0.1) is 23.5 Å². The highest BCUT2D eigenvalue weighted by Gasteiger charge is 2.52. The number of hydrogen-bond donors (Lipinski definition) is 0. The van der Waals surface area contributed by atoms with Crippen molar-refractivity contribution in [2.45, 2.75) is 94.5 Å². The van der Waals surface area contributed by atoms with E-state index in [9.17, 15) is 4.79 Å². The van der Waals surface area contributed by atoms with E-state index in [1.54, 1.807) is 29.7 Å². The van der Waals surface area contributed by atoms with Gasteiger partial charge in [-0.1, -0.05) is 65.5 Å². The van der Waals surface area contributed by atoms with Gasteiger partial charge in [0, 0.05) is 64.7 Å². The monoisotopic (exact) mass is 633 g/mol. The van der Waals surface area contributed by atoms with Crippen LogP contribution in [0.4, 0.5) is 11.4 Å². The van der Waals surface area contributed by atoms with Crippen molar-refractivity contribution in [3.8, 4) is 0 Å². The van der Waals surface area contributed by atoms with Crippen LogP contribution in [-0.2, 0) is 10.3 Å². The molecule has 1 aliphatic rings. The summed E-state index contributed by atoms with van der Waals surface area (Å²) in [5.74, 6) is -0.319. The van der Waals surface area contributed by atoms with Crippen molar-refractivity contribution in [3.63, 3.8) is 0 Å². The van der Waals surface area contributed by atoms with Gasteiger partial charge in [0.15, 0.2) is 0 Å². The number of thioether (sulfide) groups is 2. The first-order valence-corrected chi connectivity index (χ1v) is 19.0. The molecule has 2 heterocycles. The van der Waals surface area contributed by atoms with E-state index >= 15 is 0 Å². The molecular weight excluding hydrogens is 583 g/mol. The molecule has 0 atom stereocenters. The number of benzene rings is 2. The fourth-order valence-electron chi connectivity index (χ4n) is 6.07. The van der Waals surface area contributed by atoms with Crippen molar-refractivity contribution in [3.05, 3.63) is 77.1 Å². The lowest BCUT2D eigenvalue weighted by atomic mass is 9.82. The van der Waals surface area contributed by atoms with Crippen molar-refractivity contribution in [2.75, 3.05) is 48.5 Å². The van der Waals surface area contributed by atoms with Crippen LogP contribution in [0.2, 0.25) is 0 Å². The molecule has 4 rings (SSSR count). The maximum absolute atomic E-state index is 13.6. The predicted octanol–water partition coefficient (Wildman–Crippen LogP) is 9.80. The maximum Gasteiger partial charge on any atom is 0.341 e. The summed E-state index contributed by atoms with van der Waals surface area (Å²) in [6, 6.07) is 17.1. The van der Waals surface area contributed by atoms with Gasteiger partial charge in [-0.3, -0.25) is 4.98 Å². The van der Waals surface area contributed by atoms with E-state index in [0.29, 0.717) is 11.3 Å². The number of hydrogen-bond acceptors (Lipinski definition) is 7. The van der Waals surface area contributed by atoms with Crippen LogP contribution >= 0.6 is 23.5 Å². The normalized spacial score (nSPS) is 13.5. The molecule has 44 heavy (non-hydrogen) atoms. The van der Waals surface area contributed by atoms with E-state index in [4.69, 9.17) is 9.72 Å². The van der Waals surface area contributed by atoms with Crippen LogP contribution < -0.4 is 9.80 Å². The van der Waals surface area contributed by atoms with Crippen LogP contribution in [0.15, 0.2) is 64.5 Å². The number of esters is 1. The zero-order valence-corrected chi connectivity index (χ0v) is 29.3. The Hall–Kier alpha value is -2.64. The molecule has 0 radical (unpaired) electrons. The average Bonchev–Trinajstić information content (AvgIpc) is 3.37. The molecule has 7 heteroatoms. The van der Waals surface area contributed by atoms with Crippen molar-refractivity contribution >= 4 is 40.9 Å². The Morgan fingerprint density at radius 1 is 0.705 bits per heavy atom. The summed E-state index contributed by atoms with van der Waals surface area (Å²) in [4.78, 5) is 25.7. The van der Waals surface area contributed by atoms with Crippen molar-refractivity contribution < 1.29 is 9.53 Å². The van der Waals surface area contributed by atoms with Crippen molar-refractivity contribution in [2.24, 2.45) is 0 Å². The van der Waals surface area contributed by atoms with Gasteiger partial charge in [-0.05, 0) is 74.6 Å². The summed E-state index contributed by atoms with van der Waals surface area (Å²) >= 11 is 3.42. The molecule has 2 aromatic carbocycles. The maximum atomic E-state index is 13.6. The van der Waals surface area contributed by atoms with E-state index < -0.39 is 5.60 Å². The Morgan fingerprint density at radius 3 is 1.57 bits per heavy atom. The summed E-state index contributed by atoms with van der Waals surface area (Å²) in [5.41, 5.74) is 4.49. The lowest BCUT2D eigenvalue weighted by molar-refractivity contribution is 0.0228. The Balaban J connectivity index is 1.90. The fraction of sp³-hybridized carbons (Fsp3) is 0.514. The number of rotatable bonds is 18. The Labute approximate surface area is 274 Å². The number of pyridine rings is 1. The number of nitrogens with zero attached hydrogens (tertiary/aromatic N) is 3. The molecule has 5 nitrogen and oxygen atoms in total. The van der Waals surface area contributed by atoms with E-state index in [2.05, 4.69) is 86.4 Å². The van der Waals surface area contributed by atoms with Gasteiger partial charge in [-0.2, -0.15) is 0 Å². The number of aromatic nitrogens is 1. The number of fused-ring (bicyclic) bond motifs is 1. The minimum absolute atomic E-state index is 0.319. The first-order valence-electron chi connectivity index (χ1n) is 16.5. The number of ether oxygens (including phenoxy) is 1. The summed E-state index contributed by atoms with van der Waals surface area (Å²) in [6.45, 7) is 13.2. The van der Waals surface area contributed by atoms with Gasteiger partial charge < -0.3 is 14.5 Å². The second-order valence-electron chi connectivity index (χ2n) is 11.6. The largest absolute Gasteiger partial charge is 0.439 e.